The first-order valence-electron chi connectivity index (χ1n) is 7.92. The number of hydrogen-bond donors (Lipinski definition) is 1. The third kappa shape index (κ3) is 3.19. The van der Waals surface area contributed by atoms with E-state index in [0.29, 0.717) is 5.92 Å². The maximum atomic E-state index is 4.54. The number of aromatic nitrogens is 2. The van der Waals surface area contributed by atoms with Crippen LogP contribution in [0.2, 0.25) is 0 Å². The van der Waals surface area contributed by atoms with E-state index >= 15 is 0 Å². The van der Waals surface area contributed by atoms with E-state index < -0.39 is 0 Å². The van der Waals surface area contributed by atoms with Crippen molar-refractivity contribution >= 4 is 0 Å². The fraction of sp³-hybridized carbons (Fsp3) is 0.812. The van der Waals surface area contributed by atoms with Gasteiger partial charge in [-0.2, -0.15) is 5.10 Å². The lowest BCUT2D eigenvalue weighted by Crippen LogP contribution is -2.19. The summed E-state index contributed by atoms with van der Waals surface area (Å²) in [5.74, 6) is 3.65. The molecule has 3 unspecified atom stereocenters. The van der Waals surface area contributed by atoms with Crippen LogP contribution in [0.25, 0.3) is 0 Å². The van der Waals surface area contributed by atoms with E-state index in [0.717, 1.165) is 37.4 Å². The summed E-state index contributed by atoms with van der Waals surface area (Å²) in [6.07, 6.45) is 10.2. The molecule has 2 fully saturated rings. The molecule has 0 aliphatic heterocycles. The highest BCUT2D eigenvalue weighted by atomic mass is 15.3. The van der Waals surface area contributed by atoms with Gasteiger partial charge in [-0.1, -0.05) is 20.3 Å². The lowest BCUT2D eigenvalue weighted by molar-refractivity contribution is 0.285. The molecule has 2 saturated carbocycles. The van der Waals surface area contributed by atoms with E-state index in [1.54, 1.807) is 0 Å². The Morgan fingerprint density at radius 3 is 2.95 bits per heavy atom. The Labute approximate surface area is 116 Å². The molecule has 0 radical (unpaired) electrons. The van der Waals surface area contributed by atoms with E-state index in [9.17, 15) is 0 Å². The fourth-order valence-electron chi connectivity index (χ4n) is 3.94. The summed E-state index contributed by atoms with van der Waals surface area (Å²) in [4.78, 5) is 0. The van der Waals surface area contributed by atoms with Crippen molar-refractivity contribution in [3.05, 3.63) is 18.0 Å². The van der Waals surface area contributed by atoms with Gasteiger partial charge in [0.1, 0.15) is 0 Å². The molecule has 106 valence electrons. The number of rotatable bonds is 6. The predicted octanol–water partition coefficient (Wildman–Crippen LogP) is 3.06. The molecular formula is C16H27N3. The minimum Gasteiger partial charge on any atom is -0.312 e. The molecule has 2 aliphatic carbocycles. The molecule has 0 amide bonds. The Morgan fingerprint density at radius 2 is 2.26 bits per heavy atom. The standard InChI is InChI=1S/C16H27N3/c1-12(2)7-17-8-14-9-18-19(10-14)11-16-6-13-3-4-15(16)5-13/h9-10,12-13,15-17H,3-8,11H2,1-2H3. The van der Waals surface area contributed by atoms with Crippen LogP contribution in [-0.2, 0) is 13.1 Å². The zero-order valence-electron chi connectivity index (χ0n) is 12.3. The summed E-state index contributed by atoms with van der Waals surface area (Å²) in [7, 11) is 0. The Balaban J connectivity index is 1.48. The van der Waals surface area contributed by atoms with Crippen LogP contribution in [0.3, 0.4) is 0 Å². The van der Waals surface area contributed by atoms with Crippen LogP contribution in [-0.4, -0.2) is 16.3 Å². The lowest BCUT2D eigenvalue weighted by atomic mass is 9.89. The van der Waals surface area contributed by atoms with Gasteiger partial charge in [-0.15, -0.1) is 0 Å². The normalized spacial score (nSPS) is 29.5. The van der Waals surface area contributed by atoms with Crippen LogP contribution in [0.4, 0.5) is 0 Å². The summed E-state index contributed by atoms with van der Waals surface area (Å²) in [5, 5.41) is 8.02. The highest BCUT2D eigenvalue weighted by molar-refractivity contribution is 5.03. The molecule has 19 heavy (non-hydrogen) atoms. The monoisotopic (exact) mass is 261 g/mol. The average molecular weight is 261 g/mol. The predicted molar refractivity (Wildman–Crippen MR) is 77.7 cm³/mol. The van der Waals surface area contributed by atoms with Gasteiger partial charge in [-0.25, -0.2) is 0 Å². The van der Waals surface area contributed by atoms with Gasteiger partial charge in [0.25, 0.3) is 0 Å². The average Bonchev–Trinajstić information content (AvgIpc) is 3.05. The number of hydrogen-bond acceptors (Lipinski definition) is 2. The molecule has 3 nitrogen and oxygen atoms in total. The van der Waals surface area contributed by atoms with Gasteiger partial charge in [0.2, 0.25) is 0 Å². The van der Waals surface area contributed by atoms with E-state index in [1.165, 1.54) is 31.2 Å². The first-order valence-corrected chi connectivity index (χ1v) is 7.92. The molecular weight excluding hydrogens is 234 g/mol. The molecule has 3 atom stereocenters. The molecule has 0 saturated heterocycles. The summed E-state index contributed by atoms with van der Waals surface area (Å²) in [6, 6.07) is 0. The Bertz CT molecular complexity index is 410. The zero-order chi connectivity index (χ0) is 13.2. The Kier molecular flexibility index (Phi) is 3.92. The quantitative estimate of drug-likeness (QED) is 0.853. The zero-order valence-corrected chi connectivity index (χ0v) is 12.3. The summed E-state index contributed by atoms with van der Waals surface area (Å²) in [6.45, 7) is 7.66. The highest BCUT2D eigenvalue weighted by Crippen LogP contribution is 2.48. The minimum absolute atomic E-state index is 0.712. The van der Waals surface area contributed by atoms with Crippen LogP contribution < -0.4 is 5.32 Å². The smallest absolute Gasteiger partial charge is 0.0534 e. The van der Waals surface area contributed by atoms with E-state index in [4.69, 9.17) is 0 Å². The van der Waals surface area contributed by atoms with E-state index in [2.05, 4.69) is 35.1 Å². The second-order valence-electron chi connectivity index (χ2n) is 7.03. The minimum atomic E-state index is 0.712. The fourth-order valence-corrected chi connectivity index (χ4v) is 3.94. The van der Waals surface area contributed by atoms with Gasteiger partial charge in [-0.3, -0.25) is 4.68 Å². The molecule has 0 aromatic carbocycles. The van der Waals surface area contributed by atoms with Crippen molar-refractivity contribution in [3.63, 3.8) is 0 Å². The summed E-state index contributed by atoms with van der Waals surface area (Å²) >= 11 is 0. The van der Waals surface area contributed by atoms with Crippen molar-refractivity contribution in [1.82, 2.24) is 15.1 Å². The number of fused-ring (bicyclic) bond motifs is 2. The molecule has 3 heteroatoms. The molecule has 2 aliphatic rings. The first kappa shape index (κ1) is 13.2. The third-order valence-electron chi connectivity index (χ3n) is 4.87. The van der Waals surface area contributed by atoms with Gasteiger partial charge < -0.3 is 5.32 Å². The van der Waals surface area contributed by atoms with Gasteiger partial charge in [0.05, 0.1) is 6.20 Å². The Morgan fingerprint density at radius 1 is 1.37 bits per heavy atom. The third-order valence-corrected chi connectivity index (χ3v) is 4.87. The molecule has 1 aromatic heterocycles. The van der Waals surface area contributed by atoms with Crippen molar-refractivity contribution in [3.8, 4) is 0 Å². The largest absolute Gasteiger partial charge is 0.312 e. The van der Waals surface area contributed by atoms with Crippen molar-refractivity contribution in [1.29, 1.82) is 0 Å². The number of nitrogens with one attached hydrogen (secondary N) is 1. The molecule has 1 N–H and O–H groups in total. The molecule has 1 heterocycles. The van der Waals surface area contributed by atoms with Crippen LogP contribution in [0.1, 0.15) is 45.1 Å². The lowest BCUT2D eigenvalue weighted by Gasteiger charge is -2.21. The highest BCUT2D eigenvalue weighted by Gasteiger charge is 2.39. The summed E-state index contributed by atoms with van der Waals surface area (Å²) in [5.41, 5.74) is 1.32. The molecule has 3 rings (SSSR count). The van der Waals surface area contributed by atoms with Crippen molar-refractivity contribution < 1.29 is 0 Å². The second-order valence-corrected chi connectivity index (χ2v) is 7.03. The van der Waals surface area contributed by atoms with Gasteiger partial charge in [-0.05, 0) is 49.5 Å². The SMILES string of the molecule is CC(C)CNCc1cnn(CC2CC3CCC2C3)c1. The van der Waals surface area contributed by atoms with Gasteiger partial charge in [0, 0.05) is 24.8 Å². The Hall–Kier alpha value is -0.830. The maximum Gasteiger partial charge on any atom is 0.0534 e. The van der Waals surface area contributed by atoms with Crippen molar-refractivity contribution in [2.45, 2.75) is 52.6 Å². The van der Waals surface area contributed by atoms with E-state index in [-0.39, 0.29) is 0 Å². The van der Waals surface area contributed by atoms with Crippen molar-refractivity contribution in [2.75, 3.05) is 6.54 Å². The van der Waals surface area contributed by atoms with Gasteiger partial charge >= 0.3 is 0 Å². The van der Waals surface area contributed by atoms with Crippen molar-refractivity contribution in [2.24, 2.45) is 23.7 Å². The van der Waals surface area contributed by atoms with Gasteiger partial charge in [0.15, 0.2) is 0 Å². The maximum absolute atomic E-state index is 4.54. The van der Waals surface area contributed by atoms with Crippen LogP contribution >= 0.6 is 0 Å². The topological polar surface area (TPSA) is 29.9 Å². The number of nitrogens with zero attached hydrogens (tertiary/aromatic N) is 2. The molecule has 1 aromatic rings. The first-order chi connectivity index (χ1) is 9.20. The van der Waals surface area contributed by atoms with E-state index in [1.807, 2.05) is 6.20 Å². The summed E-state index contributed by atoms with van der Waals surface area (Å²) < 4.78 is 2.18. The second kappa shape index (κ2) is 5.66. The molecule has 0 spiro atoms. The van der Waals surface area contributed by atoms with Crippen LogP contribution in [0.15, 0.2) is 12.4 Å². The molecule has 2 bridgehead atoms. The van der Waals surface area contributed by atoms with Crippen LogP contribution in [0, 0.1) is 23.7 Å². The van der Waals surface area contributed by atoms with Crippen LogP contribution in [0.5, 0.6) is 0 Å².